The second-order valence-electron chi connectivity index (χ2n) is 5.87. The molecule has 0 saturated carbocycles. The van der Waals surface area contributed by atoms with E-state index < -0.39 is 17.9 Å². The van der Waals surface area contributed by atoms with Crippen molar-refractivity contribution >= 4 is 17.7 Å². The van der Waals surface area contributed by atoms with Crippen LogP contribution in [-0.2, 0) is 4.79 Å². The van der Waals surface area contributed by atoms with Crippen molar-refractivity contribution in [3.8, 4) is 11.5 Å². The fourth-order valence-corrected chi connectivity index (χ4v) is 2.62. The van der Waals surface area contributed by atoms with Gasteiger partial charge >= 0.3 is 5.97 Å². The maximum Gasteiger partial charge on any atom is 0.305 e. The minimum Gasteiger partial charge on any atom is -0.497 e. The lowest BCUT2D eigenvalue weighted by Crippen LogP contribution is -2.30. The van der Waals surface area contributed by atoms with Crippen molar-refractivity contribution in [1.82, 2.24) is 5.32 Å². The van der Waals surface area contributed by atoms with E-state index in [1.54, 1.807) is 30.3 Å². The second kappa shape index (κ2) is 8.84. The van der Waals surface area contributed by atoms with E-state index in [4.69, 9.17) is 9.47 Å². The van der Waals surface area contributed by atoms with Crippen molar-refractivity contribution in [3.05, 3.63) is 59.2 Å². The van der Waals surface area contributed by atoms with Crippen LogP contribution >= 0.6 is 0 Å². The quantitative estimate of drug-likeness (QED) is 0.692. The SMILES string of the molecule is COc1ccc(C(CC(=O)O)NC(=O)c2ccc(C(C)=O)cc2)c(OC)c1. The van der Waals surface area contributed by atoms with Crippen molar-refractivity contribution in [3.63, 3.8) is 0 Å². The van der Waals surface area contributed by atoms with Gasteiger partial charge in [-0.1, -0.05) is 12.1 Å². The molecule has 1 unspecified atom stereocenters. The van der Waals surface area contributed by atoms with Crippen LogP contribution in [0.1, 0.15) is 45.7 Å². The van der Waals surface area contributed by atoms with Gasteiger partial charge < -0.3 is 19.9 Å². The highest BCUT2D eigenvalue weighted by Crippen LogP contribution is 2.31. The van der Waals surface area contributed by atoms with E-state index in [1.807, 2.05) is 0 Å². The second-order valence-corrected chi connectivity index (χ2v) is 5.87. The average molecular weight is 371 g/mol. The van der Waals surface area contributed by atoms with Gasteiger partial charge in [0.1, 0.15) is 11.5 Å². The summed E-state index contributed by atoms with van der Waals surface area (Å²) in [6, 6.07) is 10.3. The lowest BCUT2D eigenvalue weighted by atomic mass is 10.0. The van der Waals surface area contributed by atoms with Gasteiger partial charge in [0.2, 0.25) is 0 Å². The van der Waals surface area contributed by atoms with Crippen LogP contribution in [0.3, 0.4) is 0 Å². The minimum absolute atomic E-state index is 0.103. The third-order valence-corrected chi connectivity index (χ3v) is 4.05. The van der Waals surface area contributed by atoms with Crippen molar-refractivity contribution in [1.29, 1.82) is 0 Å². The zero-order valence-corrected chi connectivity index (χ0v) is 15.3. The van der Waals surface area contributed by atoms with Crippen LogP contribution in [0.5, 0.6) is 11.5 Å². The van der Waals surface area contributed by atoms with Gasteiger partial charge in [-0.3, -0.25) is 14.4 Å². The summed E-state index contributed by atoms with van der Waals surface area (Å²) < 4.78 is 10.5. The predicted molar refractivity (Wildman–Crippen MR) is 98.5 cm³/mol. The Balaban J connectivity index is 2.30. The monoisotopic (exact) mass is 371 g/mol. The number of carboxylic acids is 1. The first-order chi connectivity index (χ1) is 12.8. The molecule has 0 aliphatic rings. The lowest BCUT2D eigenvalue weighted by molar-refractivity contribution is -0.137. The Morgan fingerprint density at radius 1 is 1.00 bits per heavy atom. The van der Waals surface area contributed by atoms with Crippen LogP contribution in [0.15, 0.2) is 42.5 Å². The van der Waals surface area contributed by atoms with Gasteiger partial charge in [-0.05, 0) is 31.2 Å². The van der Waals surface area contributed by atoms with Gasteiger partial charge in [-0.25, -0.2) is 0 Å². The number of hydrogen-bond acceptors (Lipinski definition) is 5. The molecule has 2 aromatic rings. The molecule has 0 aliphatic heterocycles. The van der Waals surface area contributed by atoms with E-state index >= 15 is 0 Å². The first-order valence-electron chi connectivity index (χ1n) is 8.21. The number of carboxylic acid groups (broad SMARTS) is 1. The molecule has 7 heteroatoms. The van der Waals surface area contributed by atoms with E-state index in [1.165, 1.54) is 33.3 Å². The number of rotatable bonds is 8. The van der Waals surface area contributed by atoms with Gasteiger partial charge in [0.25, 0.3) is 5.91 Å². The molecule has 0 aliphatic carbocycles. The summed E-state index contributed by atoms with van der Waals surface area (Å²) >= 11 is 0. The first kappa shape index (κ1) is 20.0. The standard InChI is InChI=1S/C20H21NO6/c1-12(22)13-4-6-14(7-5-13)20(25)21-17(11-19(23)24)16-9-8-15(26-2)10-18(16)27-3/h4-10,17H,11H2,1-3H3,(H,21,25)(H,23,24). The van der Waals surface area contributed by atoms with E-state index in [-0.39, 0.29) is 12.2 Å². The minimum atomic E-state index is -1.06. The van der Waals surface area contributed by atoms with Gasteiger partial charge in [0.05, 0.1) is 26.7 Å². The third kappa shape index (κ3) is 5.07. The summed E-state index contributed by atoms with van der Waals surface area (Å²) in [4.78, 5) is 35.2. The fourth-order valence-electron chi connectivity index (χ4n) is 2.62. The summed E-state index contributed by atoms with van der Waals surface area (Å²) in [7, 11) is 2.97. The third-order valence-electron chi connectivity index (χ3n) is 4.05. The van der Waals surface area contributed by atoms with Crippen molar-refractivity contribution in [2.45, 2.75) is 19.4 Å². The highest BCUT2D eigenvalue weighted by molar-refractivity contribution is 5.98. The Bertz CT molecular complexity index is 844. The van der Waals surface area contributed by atoms with E-state index in [9.17, 15) is 19.5 Å². The molecule has 2 N–H and O–H groups in total. The molecular weight excluding hydrogens is 350 g/mol. The number of carbonyl (C=O) groups is 3. The Kier molecular flexibility index (Phi) is 6.54. The number of ether oxygens (including phenoxy) is 2. The number of ketones is 1. The molecule has 1 amide bonds. The van der Waals surface area contributed by atoms with Crippen molar-refractivity contribution < 1.29 is 29.0 Å². The summed E-state index contributed by atoms with van der Waals surface area (Å²) in [5, 5.41) is 12.0. The molecule has 27 heavy (non-hydrogen) atoms. The van der Waals surface area contributed by atoms with Crippen LogP contribution in [0.2, 0.25) is 0 Å². The molecule has 7 nitrogen and oxygen atoms in total. The molecule has 0 radical (unpaired) electrons. The lowest BCUT2D eigenvalue weighted by Gasteiger charge is -2.20. The maximum absolute atomic E-state index is 12.6. The summed E-state index contributed by atoms with van der Waals surface area (Å²) in [6.45, 7) is 1.44. The Morgan fingerprint density at radius 2 is 1.63 bits per heavy atom. The largest absolute Gasteiger partial charge is 0.497 e. The predicted octanol–water partition coefficient (Wildman–Crippen LogP) is 2.85. The zero-order chi connectivity index (χ0) is 20.0. The Hall–Kier alpha value is -3.35. The number of carbonyl (C=O) groups excluding carboxylic acids is 2. The van der Waals surface area contributed by atoms with Gasteiger partial charge in [0, 0.05) is 22.8 Å². The average Bonchev–Trinajstić information content (AvgIpc) is 2.66. The molecule has 0 fully saturated rings. The van der Waals surface area contributed by atoms with Crippen LogP contribution in [0, 0.1) is 0 Å². The van der Waals surface area contributed by atoms with Crippen molar-refractivity contribution in [2.24, 2.45) is 0 Å². The summed E-state index contributed by atoms with van der Waals surface area (Å²) in [6.07, 6.45) is -0.319. The maximum atomic E-state index is 12.6. The number of amides is 1. The fraction of sp³-hybridized carbons (Fsp3) is 0.250. The number of benzene rings is 2. The van der Waals surface area contributed by atoms with Crippen LogP contribution in [-0.4, -0.2) is 37.0 Å². The molecule has 0 aromatic heterocycles. The molecular formula is C20H21NO6. The van der Waals surface area contributed by atoms with E-state index in [0.29, 0.717) is 28.2 Å². The van der Waals surface area contributed by atoms with Crippen LogP contribution in [0.25, 0.3) is 0 Å². The number of Topliss-reactive ketones (excluding diaryl/α,β-unsaturated/α-hetero) is 1. The highest BCUT2D eigenvalue weighted by Gasteiger charge is 2.22. The van der Waals surface area contributed by atoms with Gasteiger partial charge in [-0.2, -0.15) is 0 Å². The normalized spacial score (nSPS) is 11.4. The summed E-state index contributed by atoms with van der Waals surface area (Å²) in [5.74, 6) is -0.656. The number of aliphatic carboxylic acids is 1. The van der Waals surface area contributed by atoms with E-state index in [0.717, 1.165) is 0 Å². The van der Waals surface area contributed by atoms with Gasteiger partial charge in [0.15, 0.2) is 5.78 Å². The first-order valence-corrected chi connectivity index (χ1v) is 8.21. The summed E-state index contributed by atoms with van der Waals surface area (Å²) in [5.41, 5.74) is 1.34. The molecule has 0 saturated heterocycles. The van der Waals surface area contributed by atoms with Crippen molar-refractivity contribution in [2.75, 3.05) is 14.2 Å². The Labute approximate surface area is 156 Å². The highest BCUT2D eigenvalue weighted by atomic mass is 16.5. The van der Waals surface area contributed by atoms with Crippen LogP contribution < -0.4 is 14.8 Å². The van der Waals surface area contributed by atoms with Crippen LogP contribution in [0.4, 0.5) is 0 Å². The number of hydrogen-bond donors (Lipinski definition) is 2. The molecule has 0 bridgehead atoms. The molecule has 1 atom stereocenters. The molecule has 0 heterocycles. The number of nitrogens with one attached hydrogen (secondary N) is 1. The molecule has 2 aromatic carbocycles. The zero-order valence-electron chi connectivity index (χ0n) is 15.3. The van der Waals surface area contributed by atoms with E-state index in [2.05, 4.69) is 5.32 Å². The molecule has 0 spiro atoms. The number of methoxy groups -OCH3 is 2. The molecule has 142 valence electrons. The smallest absolute Gasteiger partial charge is 0.305 e. The Morgan fingerprint density at radius 3 is 2.15 bits per heavy atom. The topological polar surface area (TPSA) is 102 Å². The van der Waals surface area contributed by atoms with Gasteiger partial charge in [-0.15, -0.1) is 0 Å². The molecule has 2 rings (SSSR count).